The molecule has 0 radical (unpaired) electrons. The molecular weight excluding hydrogens is 116 g/mol. The van der Waals surface area contributed by atoms with Crippen LogP contribution in [0.2, 0.25) is 0 Å². The zero-order chi connectivity index (χ0) is 6.28. The molecule has 0 spiro atoms. The summed E-state index contributed by atoms with van der Waals surface area (Å²) < 4.78 is 0. The van der Waals surface area contributed by atoms with Crippen molar-refractivity contribution in [3.05, 3.63) is 0 Å². The van der Waals surface area contributed by atoms with Gasteiger partial charge in [-0.05, 0) is 0 Å². The van der Waals surface area contributed by atoms with Crippen LogP contribution < -0.4 is 23.0 Å². The van der Waals surface area contributed by atoms with Gasteiger partial charge in [-0.15, -0.1) is 0 Å². The first-order chi connectivity index (χ1) is 3.27. The van der Waals surface area contributed by atoms with Gasteiger partial charge in [0.2, 0.25) is 0 Å². The average molecular weight is 124 g/mol. The van der Waals surface area contributed by atoms with Gasteiger partial charge < -0.3 is 0 Å². The number of hydrogen-bond donors (Lipinski definition) is 5. The van der Waals surface area contributed by atoms with E-state index >= 15 is 0 Å². The van der Waals surface area contributed by atoms with Crippen molar-refractivity contribution in [3.8, 4) is 0 Å². The van der Waals surface area contributed by atoms with E-state index in [9.17, 15) is 4.79 Å². The number of hydrazine groups is 2. The first-order valence-corrected chi connectivity index (χ1v) is 1.75. The van der Waals surface area contributed by atoms with E-state index in [1.807, 2.05) is 0 Å². The number of hydrogen-bond acceptors (Lipinski definition) is 4. The molecule has 1 amide bonds. The molecule has 0 fully saturated rings. The molecule has 7 N–H and O–H groups in total. The molecule has 0 aliphatic carbocycles. The second kappa shape index (κ2) is 9.20. The molecule has 6 heteroatoms. The quantitative estimate of drug-likeness (QED) is 0.115. The fourth-order valence-electron chi connectivity index (χ4n) is 0. The molecule has 0 aromatic rings. The molecule has 0 saturated carbocycles. The molecular formula is CH8N4OS. The Morgan fingerprint density at radius 3 is 1.71 bits per heavy atom. The van der Waals surface area contributed by atoms with Crippen LogP contribution in [0.3, 0.4) is 0 Å². The van der Waals surface area contributed by atoms with Gasteiger partial charge in [0.1, 0.15) is 0 Å². The minimum atomic E-state index is -0.523. The van der Waals surface area contributed by atoms with Crippen molar-refractivity contribution >= 4 is 17.9 Å². The Kier molecular flexibility index (Phi) is 12.9. The van der Waals surface area contributed by atoms with Crippen molar-refractivity contribution in [2.45, 2.75) is 0 Å². The van der Waals surface area contributed by atoms with Crippen LogP contribution in [0.1, 0.15) is 0 Å². The van der Waals surface area contributed by atoms with E-state index in [1.165, 1.54) is 0 Å². The minimum absolute atomic E-state index is 0.523. The second-order valence-corrected chi connectivity index (χ2v) is 0.856. The third-order valence-corrected chi connectivity index (χ3v) is 0.253. The Labute approximate surface area is 46.6 Å². The third-order valence-electron chi connectivity index (χ3n) is 0.123. The minimum Gasteiger partial charge on any atom is -0.285 e. The first-order valence-electron chi connectivity index (χ1n) is 1.30. The van der Waals surface area contributed by atoms with Crippen LogP contribution >= 0.6 is 12.6 Å². The lowest BCUT2D eigenvalue weighted by molar-refractivity contribution is 0.261. The summed E-state index contributed by atoms with van der Waals surface area (Å²) in [6, 6.07) is 0. The van der Waals surface area contributed by atoms with Crippen LogP contribution in [0.4, 0.5) is 4.79 Å². The Morgan fingerprint density at radius 1 is 1.57 bits per heavy atom. The molecule has 0 bridgehead atoms. The van der Waals surface area contributed by atoms with E-state index in [4.69, 9.17) is 0 Å². The second-order valence-electron chi connectivity index (χ2n) is 0.449. The van der Waals surface area contributed by atoms with Crippen molar-refractivity contribution in [1.82, 2.24) is 5.43 Å². The lowest BCUT2D eigenvalue weighted by Crippen LogP contribution is -2.23. The van der Waals surface area contributed by atoms with Crippen LogP contribution in [0.25, 0.3) is 0 Å². The smallest absolute Gasteiger partial charge is 0.285 e. The third kappa shape index (κ3) is 27.0. The predicted octanol–water partition coefficient (Wildman–Crippen LogP) is -1.68. The van der Waals surface area contributed by atoms with Crippen molar-refractivity contribution < 1.29 is 4.79 Å². The van der Waals surface area contributed by atoms with Crippen LogP contribution in [0.15, 0.2) is 0 Å². The van der Waals surface area contributed by atoms with Crippen LogP contribution in [0.5, 0.6) is 0 Å². The summed E-state index contributed by atoms with van der Waals surface area (Å²) >= 11 is 3.22. The standard InChI is InChI=1S/CH4N2OS.H4N2/c2-3-1(4)5;1-2/h2H2,(H2,3,4,5);1-2H2. The highest BCUT2D eigenvalue weighted by Gasteiger charge is 1.74. The number of amides is 1. The number of carbonyl (C=O) groups is 1. The monoisotopic (exact) mass is 124 g/mol. The van der Waals surface area contributed by atoms with Gasteiger partial charge in [-0.2, -0.15) is 0 Å². The zero-order valence-corrected chi connectivity index (χ0v) is 4.48. The summed E-state index contributed by atoms with van der Waals surface area (Å²) in [4.78, 5) is 9.44. The number of nitrogens with two attached hydrogens (primary N) is 3. The van der Waals surface area contributed by atoms with Gasteiger partial charge in [0.05, 0.1) is 0 Å². The van der Waals surface area contributed by atoms with Gasteiger partial charge in [-0.3, -0.25) is 21.9 Å². The van der Waals surface area contributed by atoms with Gasteiger partial charge >= 0.3 is 0 Å². The lowest BCUT2D eigenvalue weighted by atomic mass is 11.4. The number of nitrogens with one attached hydrogen (secondary N) is 1. The van der Waals surface area contributed by atoms with Crippen molar-refractivity contribution in [2.24, 2.45) is 17.5 Å². The van der Waals surface area contributed by atoms with E-state index in [0.29, 0.717) is 0 Å². The Balaban J connectivity index is 0. The molecule has 5 nitrogen and oxygen atoms in total. The SMILES string of the molecule is NN.NNC(=O)S. The Hall–Kier alpha value is -0.300. The summed E-state index contributed by atoms with van der Waals surface area (Å²) in [6.45, 7) is 0. The zero-order valence-electron chi connectivity index (χ0n) is 3.59. The van der Waals surface area contributed by atoms with Gasteiger partial charge in [0.15, 0.2) is 0 Å². The van der Waals surface area contributed by atoms with E-state index in [1.54, 1.807) is 5.43 Å². The van der Waals surface area contributed by atoms with Crippen molar-refractivity contribution in [1.29, 1.82) is 0 Å². The summed E-state index contributed by atoms with van der Waals surface area (Å²) in [5.41, 5.74) is 1.75. The summed E-state index contributed by atoms with van der Waals surface area (Å²) in [5, 5.41) is -0.523. The van der Waals surface area contributed by atoms with E-state index in [0.717, 1.165) is 0 Å². The molecule has 7 heavy (non-hydrogen) atoms. The topological polar surface area (TPSA) is 107 Å². The van der Waals surface area contributed by atoms with Crippen molar-refractivity contribution in [3.63, 3.8) is 0 Å². The molecule has 0 atom stereocenters. The first kappa shape index (κ1) is 9.85. The molecule has 0 unspecified atom stereocenters. The summed E-state index contributed by atoms with van der Waals surface area (Å²) in [7, 11) is 0. The van der Waals surface area contributed by atoms with Gasteiger partial charge in [-0.1, -0.05) is 12.6 Å². The number of thiol groups is 1. The average Bonchev–Trinajstić information content (AvgIpc) is 1.73. The highest BCUT2D eigenvalue weighted by Crippen LogP contribution is 1.65. The molecule has 0 aliphatic rings. The maximum Gasteiger partial charge on any atom is 0.289 e. The Morgan fingerprint density at radius 2 is 1.71 bits per heavy atom. The lowest BCUT2D eigenvalue weighted by Gasteiger charge is -1.79. The molecule has 0 saturated heterocycles. The van der Waals surface area contributed by atoms with Gasteiger partial charge in [0.25, 0.3) is 5.24 Å². The normalized spacial score (nSPS) is 5.71. The predicted molar refractivity (Wildman–Crippen MR) is 30.1 cm³/mol. The molecule has 0 aromatic carbocycles. The maximum atomic E-state index is 9.44. The largest absolute Gasteiger partial charge is 0.289 e. The summed E-state index contributed by atoms with van der Waals surface area (Å²) in [6.07, 6.45) is 0. The highest BCUT2D eigenvalue weighted by molar-refractivity contribution is 7.96. The number of rotatable bonds is 0. The highest BCUT2D eigenvalue weighted by atomic mass is 32.1. The van der Waals surface area contributed by atoms with E-state index in [2.05, 4.69) is 30.2 Å². The molecule has 0 aliphatic heterocycles. The molecule has 0 heterocycles. The number of carbonyl (C=O) groups excluding carboxylic acids is 1. The van der Waals surface area contributed by atoms with Crippen LogP contribution in [0, 0.1) is 0 Å². The Bertz CT molecular complexity index is 47.0. The van der Waals surface area contributed by atoms with E-state index in [-0.39, 0.29) is 0 Å². The van der Waals surface area contributed by atoms with Crippen LogP contribution in [-0.4, -0.2) is 5.24 Å². The maximum absolute atomic E-state index is 9.44. The fourth-order valence-corrected chi connectivity index (χ4v) is 0. The summed E-state index contributed by atoms with van der Waals surface area (Å²) in [5.74, 6) is 12.5. The van der Waals surface area contributed by atoms with E-state index < -0.39 is 5.24 Å². The van der Waals surface area contributed by atoms with Gasteiger partial charge in [-0.25, -0.2) is 5.84 Å². The van der Waals surface area contributed by atoms with Crippen molar-refractivity contribution in [2.75, 3.05) is 0 Å². The molecule has 44 valence electrons. The van der Waals surface area contributed by atoms with Gasteiger partial charge in [0, 0.05) is 0 Å². The van der Waals surface area contributed by atoms with Crippen LogP contribution in [-0.2, 0) is 0 Å². The fraction of sp³-hybridized carbons (Fsp3) is 0. The molecule has 0 aromatic heterocycles. The molecule has 0 rings (SSSR count).